The Labute approximate surface area is 236 Å². The summed E-state index contributed by atoms with van der Waals surface area (Å²) in [6.07, 6.45) is -10.8. The van der Waals surface area contributed by atoms with Gasteiger partial charge in [-0.3, -0.25) is 19.4 Å². The first kappa shape index (κ1) is 27.6. The van der Waals surface area contributed by atoms with E-state index in [1.54, 1.807) is 26.0 Å². The molecule has 0 saturated heterocycles. The van der Waals surface area contributed by atoms with Gasteiger partial charge < -0.3 is 0 Å². The summed E-state index contributed by atoms with van der Waals surface area (Å²) in [4.78, 5) is 28.4. The van der Waals surface area contributed by atoms with Gasteiger partial charge in [0, 0.05) is 11.1 Å². The number of aryl methyl sites for hydroxylation is 2. The second kappa shape index (κ2) is 8.95. The number of anilines is 2. The molecule has 2 atom stereocenters. The van der Waals surface area contributed by atoms with Crippen molar-refractivity contribution in [3.05, 3.63) is 130 Å². The highest BCUT2D eigenvalue weighted by molar-refractivity contribution is 6.11. The predicted molar refractivity (Wildman–Crippen MR) is 144 cm³/mol. The minimum atomic E-state index is -5.41. The first-order valence-electron chi connectivity index (χ1n) is 12.9. The standard InChI is InChI=1S/C32H22F6N2O2/c1-19-13-15-25-23(17-19)29(21-9-5-3-6-10-21)30(22-11-7-4-8-12-22,39(25)27(41)31(33,34)35)24-18-20(2)14-16-26(24)40(29)28(42)32(36,37)38/h3-18H,1-2H3. The van der Waals surface area contributed by atoms with Gasteiger partial charge in [-0.1, -0.05) is 96.1 Å². The fraction of sp³-hybridized carbons (Fsp3) is 0.188. The summed E-state index contributed by atoms with van der Waals surface area (Å²) in [5.74, 6) is -4.55. The van der Waals surface area contributed by atoms with E-state index >= 15 is 0 Å². The molecular weight excluding hydrogens is 558 g/mol. The van der Waals surface area contributed by atoms with Crippen LogP contribution in [-0.4, -0.2) is 24.2 Å². The van der Waals surface area contributed by atoms with Gasteiger partial charge in [0.2, 0.25) is 0 Å². The number of benzene rings is 4. The van der Waals surface area contributed by atoms with Crippen molar-refractivity contribution in [1.82, 2.24) is 0 Å². The number of alkyl halides is 6. The van der Waals surface area contributed by atoms with Gasteiger partial charge in [0.15, 0.2) is 0 Å². The zero-order valence-corrected chi connectivity index (χ0v) is 22.2. The van der Waals surface area contributed by atoms with Crippen molar-refractivity contribution >= 4 is 23.2 Å². The van der Waals surface area contributed by atoms with Crippen LogP contribution in [0, 0.1) is 13.8 Å². The van der Waals surface area contributed by atoms with E-state index in [-0.39, 0.29) is 33.6 Å². The van der Waals surface area contributed by atoms with Crippen LogP contribution >= 0.6 is 0 Å². The molecule has 0 saturated carbocycles. The number of rotatable bonds is 2. The number of carbonyl (C=O) groups excluding carboxylic acids is 2. The fourth-order valence-corrected chi connectivity index (χ4v) is 6.71. The van der Waals surface area contributed by atoms with E-state index in [2.05, 4.69) is 0 Å². The van der Waals surface area contributed by atoms with E-state index in [0.717, 1.165) is 0 Å². The summed E-state index contributed by atoms with van der Waals surface area (Å²) < 4.78 is 87.6. The highest BCUT2D eigenvalue weighted by Gasteiger charge is 2.77. The Morgan fingerprint density at radius 2 is 0.881 bits per heavy atom. The molecule has 2 aliphatic heterocycles. The number of carbonyl (C=O) groups is 2. The third kappa shape index (κ3) is 3.44. The van der Waals surface area contributed by atoms with Crippen LogP contribution in [-0.2, 0) is 20.7 Å². The zero-order chi connectivity index (χ0) is 30.2. The topological polar surface area (TPSA) is 40.6 Å². The quantitative estimate of drug-likeness (QED) is 0.234. The van der Waals surface area contributed by atoms with Gasteiger partial charge in [-0.15, -0.1) is 0 Å². The largest absolute Gasteiger partial charge is 0.471 e. The van der Waals surface area contributed by atoms with Gasteiger partial charge in [0.25, 0.3) is 0 Å². The highest BCUT2D eigenvalue weighted by atomic mass is 19.4. The van der Waals surface area contributed by atoms with Crippen LogP contribution < -0.4 is 9.80 Å². The molecule has 0 N–H and O–H groups in total. The summed E-state index contributed by atoms with van der Waals surface area (Å²) in [5.41, 5.74) is -3.93. The molecule has 0 radical (unpaired) electrons. The van der Waals surface area contributed by atoms with Crippen LogP contribution in [0.25, 0.3) is 0 Å². The average molecular weight is 581 g/mol. The maximum atomic E-state index is 14.6. The summed E-state index contributed by atoms with van der Waals surface area (Å²) in [6, 6.07) is 23.7. The normalized spacial score (nSPS) is 21.1. The molecule has 214 valence electrons. The lowest BCUT2D eigenvalue weighted by Gasteiger charge is -2.49. The lowest BCUT2D eigenvalue weighted by atomic mass is 9.65. The minimum absolute atomic E-state index is 0.0402. The minimum Gasteiger partial charge on any atom is -0.287 e. The molecule has 4 aromatic rings. The Hall–Kier alpha value is -4.60. The van der Waals surface area contributed by atoms with E-state index in [4.69, 9.17) is 0 Å². The van der Waals surface area contributed by atoms with Gasteiger partial charge in [0.1, 0.15) is 11.1 Å². The highest BCUT2D eigenvalue weighted by Crippen LogP contribution is 2.71. The van der Waals surface area contributed by atoms with Gasteiger partial charge in [-0.2, -0.15) is 26.3 Å². The number of halogens is 6. The average Bonchev–Trinajstić information content (AvgIpc) is 3.35. The van der Waals surface area contributed by atoms with Crippen molar-refractivity contribution in [2.75, 3.05) is 9.80 Å². The van der Waals surface area contributed by atoms with E-state index in [1.165, 1.54) is 84.9 Å². The molecule has 2 heterocycles. The molecule has 2 amide bonds. The van der Waals surface area contributed by atoms with E-state index in [0.29, 0.717) is 20.9 Å². The second-order valence-electron chi connectivity index (χ2n) is 10.5. The maximum Gasteiger partial charge on any atom is 0.471 e. The molecule has 0 bridgehead atoms. The summed E-state index contributed by atoms with van der Waals surface area (Å²) in [5, 5.41) is 0. The Kier molecular flexibility index (Phi) is 5.87. The van der Waals surface area contributed by atoms with Gasteiger partial charge in [-0.05, 0) is 37.1 Å². The molecule has 10 heteroatoms. The van der Waals surface area contributed by atoms with Crippen molar-refractivity contribution in [2.24, 2.45) is 0 Å². The molecule has 42 heavy (non-hydrogen) atoms. The number of hydrogen-bond acceptors (Lipinski definition) is 2. The van der Waals surface area contributed by atoms with E-state index in [9.17, 15) is 35.9 Å². The van der Waals surface area contributed by atoms with E-state index < -0.39 is 35.2 Å². The fourth-order valence-electron chi connectivity index (χ4n) is 6.71. The van der Waals surface area contributed by atoms with Crippen LogP contribution in [0.3, 0.4) is 0 Å². The van der Waals surface area contributed by atoms with Crippen molar-refractivity contribution in [2.45, 2.75) is 37.3 Å². The van der Waals surface area contributed by atoms with Crippen LogP contribution in [0.15, 0.2) is 97.1 Å². The van der Waals surface area contributed by atoms with Crippen LogP contribution in [0.1, 0.15) is 33.4 Å². The molecule has 0 spiro atoms. The zero-order valence-electron chi connectivity index (χ0n) is 22.2. The Bertz CT molecular complexity index is 1610. The smallest absolute Gasteiger partial charge is 0.287 e. The SMILES string of the molecule is Cc1ccc2c(c1)C1(c3ccccc3)N(C(=O)C(F)(F)F)c3ccc(C)cc3C1(c1ccccc1)N2C(=O)C(F)(F)F. The summed E-state index contributed by atoms with van der Waals surface area (Å²) in [6.45, 7) is 3.28. The molecule has 6 rings (SSSR count). The predicted octanol–water partition coefficient (Wildman–Crippen LogP) is 7.31. The third-order valence-corrected chi connectivity index (χ3v) is 8.03. The molecular formula is C32H22F6N2O2. The Morgan fingerprint density at radius 3 is 1.19 bits per heavy atom. The monoisotopic (exact) mass is 580 g/mol. The number of fused-ring (bicyclic) bond motifs is 5. The maximum absolute atomic E-state index is 14.6. The lowest BCUT2D eigenvalue weighted by Crippen LogP contribution is -2.65. The van der Waals surface area contributed by atoms with Crippen LogP contribution in [0.2, 0.25) is 0 Å². The number of amides is 2. The van der Waals surface area contributed by atoms with Crippen molar-refractivity contribution in [1.29, 1.82) is 0 Å². The van der Waals surface area contributed by atoms with Crippen LogP contribution in [0.4, 0.5) is 37.7 Å². The Balaban J connectivity index is 1.95. The first-order chi connectivity index (χ1) is 19.8. The molecule has 2 aliphatic rings. The van der Waals surface area contributed by atoms with Gasteiger partial charge in [0.05, 0.1) is 11.4 Å². The molecule has 2 unspecified atom stereocenters. The lowest BCUT2D eigenvalue weighted by molar-refractivity contribution is -0.173. The molecule has 4 nitrogen and oxygen atoms in total. The summed E-state index contributed by atoms with van der Waals surface area (Å²) >= 11 is 0. The van der Waals surface area contributed by atoms with Crippen molar-refractivity contribution in [3.8, 4) is 0 Å². The number of hydrogen-bond donors (Lipinski definition) is 0. The second-order valence-corrected chi connectivity index (χ2v) is 10.5. The molecule has 0 aliphatic carbocycles. The van der Waals surface area contributed by atoms with Gasteiger partial charge in [-0.25, -0.2) is 0 Å². The molecule has 0 aromatic heterocycles. The summed E-state index contributed by atoms with van der Waals surface area (Å²) in [7, 11) is 0. The molecule has 0 fully saturated rings. The van der Waals surface area contributed by atoms with Crippen molar-refractivity contribution in [3.63, 3.8) is 0 Å². The number of nitrogens with zero attached hydrogens (tertiary/aromatic N) is 2. The van der Waals surface area contributed by atoms with Gasteiger partial charge >= 0.3 is 24.2 Å². The first-order valence-corrected chi connectivity index (χ1v) is 12.9. The third-order valence-electron chi connectivity index (χ3n) is 8.03. The van der Waals surface area contributed by atoms with E-state index in [1.807, 2.05) is 0 Å². The van der Waals surface area contributed by atoms with Crippen molar-refractivity contribution < 1.29 is 35.9 Å². The Morgan fingerprint density at radius 1 is 0.548 bits per heavy atom. The van der Waals surface area contributed by atoms with Crippen LogP contribution in [0.5, 0.6) is 0 Å². The molecule has 4 aromatic carbocycles.